The predicted octanol–water partition coefficient (Wildman–Crippen LogP) is 2.61. The zero-order valence-electron chi connectivity index (χ0n) is 12.8. The minimum absolute atomic E-state index is 0.179. The van der Waals surface area contributed by atoms with Crippen LogP contribution in [0.5, 0.6) is 0 Å². The van der Waals surface area contributed by atoms with E-state index >= 15 is 0 Å². The third-order valence-corrected chi connectivity index (χ3v) is 4.44. The molecule has 1 amide bonds. The van der Waals surface area contributed by atoms with Crippen molar-refractivity contribution in [2.45, 2.75) is 6.54 Å². The second kappa shape index (κ2) is 5.89. The number of aryl methyl sites for hydroxylation is 1. The Morgan fingerprint density at radius 1 is 1.29 bits per heavy atom. The van der Waals surface area contributed by atoms with Gasteiger partial charge in [0.05, 0.1) is 16.9 Å². The van der Waals surface area contributed by atoms with Gasteiger partial charge in [-0.2, -0.15) is 10.1 Å². The Morgan fingerprint density at radius 2 is 2.17 bits per heavy atom. The summed E-state index contributed by atoms with van der Waals surface area (Å²) in [6.07, 6.45) is 0. The largest absolute Gasteiger partial charge is 0.343 e. The molecule has 0 bridgehead atoms. The molecule has 0 spiro atoms. The fraction of sp³-hybridized carbons (Fsp3) is 0.125. The third-order valence-electron chi connectivity index (χ3n) is 3.58. The van der Waals surface area contributed by atoms with Crippen molar-refractivity contribution in [2.24, 2.45) is 7.05 Å². The summed E-state index contributed by atoms with van der Waals surface area (Å²) in [5.41, 5.74) is 1.29. The first-order chi connectivity index (χ1) is 11.7. The first-order valence-electron chi connectivity index (χ1n) is 7.29. The quantitative estimate of drug-likeness (QED) is 0.618. The number of nitrogens with zero attached hydrogens (tertiary/aromatic N) is 4. The van der Waals surface area contributed by atoms with Crippen molar-refractivity contribution < 1.29 is 9.32 Å². The molecule has 7 nitrogen and oxygen atoms in total. The topological polar surface area (TPSA) is 85.8 Å². The number of rotatable bonds is 4. The highest BCUT2D eigenvalue weighted by molar-refractivity contribution is 7.13. The lowest BCUT2D eigenvalue weighted by Gasteiger charge is -1.99. The van der Waals surface area contributed by atoms with Gasteiger partial charge in [0.1, 0.15) is 0 Å². The van der Waals surface area contributed by atoms with Crippen LogP contribution in [-0.2, 0) is 13.6 Å². The summed E-state index contributed by atoms with van der Waals surface area (Å²) in [6, 6.07) is 11.4. The highest BCUT2D eigenvalue weighted by Crippen LogP contribution is 2.22. The van der Waals surface area contributed by atoms with E-state index in [0.717, 1.165) is 15.8 Å². The van der Waals surface area contributed by atoms with E-state index < -0.39 is 0 Å². The van der Waals surface area contributed by atoms with Crippen molar-refractivity contribution in [3.05, 3.63) is 53.3 Å². The lowest BCUT2D eigenvalue weighted by Crippen LogP contribution is -2.24. The van der Waals surface area contributed by atoms with E-state index in [0.29, 0.717) is 17.4 Å². The van der Waals surface area contributed by atoms with Crippen LogP contribution < -0.4 is 5.32 Å². The van der Waals surface area contributed by atoms with Crippen LogP contribution in [0.25, 0.3) is 21.7 Å². The number of benzene rings is 1. The van der Waals surface area contributed by atoms with Gasteiger partial charge in [0, 0.05) is 12.4 Å². The molecular formula is C16H13N5O2S. The zero-order chi connectivity index (χ0) is 16.5. The molecule has 0 aliphatic rings. The number of aromatic nitrogens is 4. The molecule has 0 fully saturated rings. The third kappa shape index (κ3) is 2.56. The van der Waals surface area contributed by atoms with E-state index in [2.05, 4.69) is 20.6 Å². The maximum Gasteiger partial charge on any atom is 0.272 e. The molecule has 4 rings (SSSR count). The molecule has 0 unspecified atom stereocenters. The number of hydrogen-bond acceptors (Lipinski definition) is 6. The van der Waals surface area contributed by atoms with Crippen molar-refractivity contribution in [2.75, 3.05) is 0 Å². The van der Waals surface area contributed by atoms with E-state index in [9.17, 15) is 4.79 Å². The summed E-state index contributed by atoms with van der Waals surface area (Å²) in [7, 11) is 1.81. The van der Waals surface area contributed by atoms with Crippen molar-refractivity contribution in [3.63, 3.8) is 0 Å². The van der Waals surface area contributed by atoms with Gasteiger partial charge < -0.3 is 9.84 Å². The number of para-hydroxylation sites is 1. The average molecular weight is 339 g/mol. The van der Waals surface area contributed by atoms with Crippen LogP contribution in [0.4, 0.5) is 0 Å². The molecule has 0 atom stereocenters. The van der Waals surface area contributed by atoms with Crippen LogP contribution in [-0.4, -0.2) is 25.8 Å². The van der Waals surface area contributed by atoms with E-state index in [1.165, 1.54) is 11.3 Å². The smallest absolute Gasteiger partial charge is 0.272 e. The Hall–Kier alpha value is -3.00. The van der Waals surface area contributed by atoms with Crippen molar-refractivity contribution in [1.82, 2.24) is 25.2 Å². The van der Waals surface area contributed by atoms with Crippen LogP contribution in [0.1, 0.15) is 16.3 Å². The highest BCUT2D eigenvalue weighted by Gasteiger charge is 2.16. The summed E-state index contributed by atoms with van der Waals surface area (Å²) in [5, 5.41) is 13.7. The molecule has 1 aromatic carbocycles. The first-order valence-corrected chi connectivity index (χ1v) is 8.17. The van der Waals surface area contributed by atoms with Crippen molar-refractivity contribution in [1.29, 1.82) is 0 Å². The fourth-order valence-electron chi connectivity index (χ4n) is 2.45. The van der Waals surface area contributed by atoms with Crippen LogP contribution in [0, 0.1) is 0 Å². The molecule has 0 saturated carbocycles. The Balaban J connectivity index is 1.50. The number of thiophene rings is 1. The van der Waals surface area contributed by atoms with Gasteiger partial charge in [0.2, 0.25) is 0 Å². The molecule has 0 aliphatic carbocycles. The van der Waals surface area contributed by atoms with E-state index in [1.54, 1.807) is 4.68 Å². The Bertz CT molecular complexity index is 1000. The van der Waals surface area contributed by atoms with Gasteiger partial charge in [-0.05, 0) is 17.5 Å². The normalized spacial score (nSPS) is 11.0. The van der Waals surface area contributed by atoms with Crippen LogP contribution in [0.3, 0.4) is 0 Å². The van der Waals surface area contributed by atoms with E-state index in [1.807, 2.05) is 48.8 Å². The van der Waals surface area contributed by atoms with Gasteiger partial charge in [-0.25, -0.2) is 0 Å². The maximum atomic E-state index is 12.4. The van der Waals surface area contributed by atoms with Gasteiger partial charge in [-0.15, -0.1) is 11.3 Å². The van der Waals surface area contributed by atoms with Gasteiger partial charge in [0.25, 0.3) is 11.8 Å². The van der Waals surface area contributed by atoms with Gasteiger partial charge >= 0.3 is 0 Å². The summed E-state index contributed by atoms with van der Waals surface area (Å²) in [6.45, 7) is 0.179. The standard InChI is InChI=1S/C16H13N5O2S/c1-21-11-6-3-2-5-10(11)14(19-21)15(22)17-9-13-18-16(23-20-13)12-7-4-8-24-12/h2-8H,9H2,1H3,(H,17,22). The lowest BCUT2D eigenvalue weighted by atomic mass is 10.2. The van der Waals surface area contributed by atoms with Crippen LogP contribution in [0.15, 0.2) is 46.3 Å². The molecule has 3 heterocycles. The monoisotopic (exact) mass is 339 g/mol. The Kier molecular flexibility index (Phi) is 3.58. The van der Waals surface area contributed by atoms with E-state index in [-0.39, 0.29) is 12.5 Å². The summed E-state index contributed by atoms with van der Waals surface area (Å²) in [4.78, 5) is 17.6. The van der Waals surface area contributed by atoms with Gasteiger partial charge in [0.15, 0.2) is 11.5 Å². The van der Waals surface area contributed by atoms with Crippen molar-refractivity contribution >= 4 is 28.1 Å². The first kappa shape index (κ1) is 14.6. The fourth-order valence-corrected chi connectivity index (χ4v) is 3.10. The highest BCUT2D eigenvalue weighted by atomic mass is 32.1. The second-order valence-corrected chi connectivity index (χ2v) is 6.11. The molecule has 0 aliphatic heterocycles. The second-order valence-electron chi connectivity index (χ2n) is 5.17. The number of nitrogens with one attached hydrogen (secondary N) is 1. The van der Waals surface area contributed by atoms with Crippen LogP contribution in [0.2, 0.25) is 0 Å². The molecule has 3 aromatic heterocycles. The number of carbonyl (C=O) groups is 1. The minimum Gasteiger partial charge on any atom is -0.343 e. The molecular weight excluding hydrogens is 326 g/mol. The molecule has 24 heavy (non-hydrogen) atoms. The molecule has 0 saturated heterocycles. The van der Waals surface area contributed by atoms with Gasteiger partial charge in [-0.3, -0.25) is 9.48 Å². The zero-order valence-corrected chi connectivity index (χ0v) is 13.6. The molecule has 0 radical (unpaired) electrons. The number of carbonyl (C=O) groups excluding carboxylic acids is 1. The van der Waals surface area contributed by atoms with Crippen LogP contribution >= 0.6 is 11.3 Å². The molecule has 1 N–H and O–H groups in total. The number of hydrogen-bond donors (Lipinski definition) is 1. The van der Waals surface area contributed by atoms with Crippen molar-refractivity contribution in [3.8, 4) is 10.8 Å². The SMILES string of the molecule is Cn1nc(C(=O)NCc2noc(-c3cccs3)n2)c2ccccc21. The number of amides is 1. The van der Waals surface area contributed by atoms with Gasteiger partial charge in [-0.1, -0.05) is 29.4 Å². The Labute approximate surface area is 140 Å². The Morgan fingerprint density at radius 3 is 3.00 bits per heavy atom. The molecule has 4 aromatic rings. The average Bonchev–Trinajstić information content (AvgIpc) is 3.33. The molecule has 120 valence electrons. The summed E-state index contributed by atoms with van der Waals surface area (Å²) >= 11 is 1.52. The lowest BCUT2D eigenvalue weighted by molar-refractivity contribution is 0.0945. The summed E-state index contributed by atoms with van der Waals surface area (Å²) < 4.78 is 6.89. The maximum absolute atomic E-state index is 12.4. The molecule has 8 heteroatoms. The predicted molar refractivity (Wildman–Crippen MR) is 89.5 cm³/mol. The summed E-state index contributed by atoms with van der Waals surface area (Å²) in [5.74, 6) is 0.610. The minimum atomic E-state index is -0.269. The van der Waals surface area contributed by atoms with E-state index in [4.69, 9.17) is 4.52 Å². The number of fused-ring (bicyclic) bond motifs is 1.